The van der Waals surface area contributed by atoms with E-state index in [-0.39, 0.29) is 17.5 Å². The highest BCUT2D eigenvalue weighted by Gasteiger charge is 2.14. The number of aryl methyl sites for hydroxylation is 1. The standard InChI is InChI=1S/C14H18N2O3S2/c1-10(2)19-12-4-6-13(7-5-12)21(17,18)15-8-14-16-11(3)9-20-14/h4-7,9-10,15H,8H2,1-3H3. The van der Waals surface area contributed by atoms with E-state index < -0.39 is 10.0 Å². The van der Waals surface area contributed by atoms with E-state index in [1.807, 2.05) is 26.2 Å². The molecule has 0 unspecified atom stereocenters. The first-order valence-corrected chi connectivity index (χ1v) is 8.90. The summed E-state index contributed by atoms with van der Waals surface area (Å²) < 4.78 is 32.4. The fourth-order valence-corrected chi connectivity index (χ4v) is 3.48. The van der Waals surface area contributed by atoms with Crippen LogP contribution in [0.25, 0.3) is 0 Å². The molecule has 0 amide bonds. The number of hydrogen-bond acceptors (Lipinski definition) is 5. The first-order valence-electron chi connectivity index (χ1n) is 6.54. The van der Waals surface area contributed by atoms with Crippen molar-refractivity contribution in [3.05, 3.63) is 40.3 Å². The van der Waals surface area contributed by atoms with Gasteiger partial charge in [-0.15, -0.1) is 11.3 Å². The Bertz CT molecular complexity index is 691. The molecule has 0 spiro atoms. The monoisotopic (exact) mass is 326 g/mol. The van der Waals surface area contributed by atoms with Crippen molar-refractivity contribution in [2.24, 2.45) is 0 Å². The smallest absolute Gasteiger partial charge is 0.240 e. The Morgan fingerprint density at radius 2 is 1.95 bits per heavy atom. The Morgan fingerprint density at radius 1 is 1.29 bits per heavy atom. The van der Waals surface area contributed by atoms with E-state index in [0.29, 0.717) is 5.75 Å². The summed E-state index contributed by atoms with van der Waals surface area (Å²) in [5, 5.41) is 2.64. The number of nitrogens with one attached hydrogen (secondary N) is 1. The van der Waals surface area contributed by atoms with Crippen LogP contribution in [-0.4, -0.2) is 19.5 Å². The van der Waals surface area contributed by atoms with Crippen LogP contribution in [-0.2, 0) is 16.6 Å². The predicted octanol–water partition coefficient (Wildman–Crippen LogP) is 2.72. The van der Waals surface area contributed by atoms with E-state index >= 15 is 0 Å². The third-order valence-electron chi connectivity index (χ3n) is 2.59. The van der Waals surface area contributed by atoms with E-state index in [0.717, 1.165) is 10.7 Å². The van der Waals surface area contributed by atoms with Gasteiger partial charge in [0.1, 0.15) is 10.8 Å². The molecule has 0 fully saturated rings. The second-order valence-corrected chi connectivity index (χ2v) is 7.55. The largest absolute Gasteiger partial charge is 0.491 e. The van der Waals surface area contributed by atoms with E-state index in [4.69, 9.17) is 4.74 Å². The maximum Gasteiger partial charge on any atom is 0.240 e. The van der Waals surface area contributed by atoms with E-state index in [9.17, 15) is 8.42 Å². The van der Waals surface area contributed by atoms with Gasteiger partial charge in [-0.1, -0.05) is 0 Å². The Hall–Kier alpha value is -1.44. The topological polar surface area (TPSA) is 68.3 Å². The Balaban J connectivity index is 2.05. The third kappa shape index (κ3) is 4.52. The lowest BCUT2D eigenvalue weighted by molar-refractivity contribution is 0.242. The molecule has 0 aliphatic carbocycles. The maximum absolute atomic E-state index is 12.2. The van der Waals surface area contributed by atoms with Crippen molar-refractivity contribution in [2.45, 2.75) is 38.3 Å². The zero-order valence-corrected chi connectivity index (χ0v) is 13.8. The van der Waals surface area contributed by atoms with Gasteiger partial charge in [0.05, 0.1) is 17.5 Å². The number of ether oxygens (including phenoxy) is 1. The van der Waals surface area contributed by atoms with Gasteiger partial charge >= 0.3 is 0 Å². The van der Waals surface area contributed by atoms with Gasteiger partial charge in [0, 0.05) is 11.1 Å². The number of benzene rings is 1. The highest BCUT2D eigenvalue weighted by Crippen LogP contribution is 2.17. The second-order valence-electron chi connectivity index (χ2n) is 4.85. The van der Waals surface area contributed by atoms with Crippen LogP contribution < -0.4 is 9.46 Å². The summed E-state index contributed by atoms with van der Waals surface area (Å²) in [5.41, 5.74) is 0.893. The molecule has 2 rings (SSSR count). The number of aromatic nitrogens is 1. The average molecular weight is 326 g/mol. The normalized spacial score (nSPS) is 11.8. The Labute approximate surface area is 129 Å². The molecule has 0 bridgehead atoms. The molecule has 5 nitrogen and oxygen atoms in total. The van der Waals surface area contributed by atoms with Crippen LogP contribution in [0.2, 0.25) is 0 Å². The molecule has 0 saturated carbocycles. The van der Waals surface area contributed by atoms with Gasteiger partial charge in [-0.3, -0.25) is 0 Å². The summed E-state index contributed by atoms with van der Waals surface area (Å²) in [6, 6.07) is 6.38. The minimum atomic E-state index is -3.53. The summed E-state index contributed by atoms with van der Waals surface area (Å²) in [7, 11) is -3.53. The molecule has 1 aromatic carbocycles. The molecule has 0 saturated heterocycles. The van der Waals surface area contributed by atoms with Gasteiger partial charge in [0.15, 0.2) is 0 Å². The number of nitrogens with zero attached hydrogens (tertiary/aromatic N) is 1. The number of sulfonamides is 1. The summed E-state index contributed by atoms with van der Waals surface area (Å²) in [6.45, 7) is 5.91. The number of rotatable bonds is 6. The first kappa shape index (κ1) is 15.9. The van der Waals surface area contributed by atoms with E-state index in [1.165, 1.54) is 23.5 Å². The molecule has 7 heteroatoms. The van der Waals surface area contributed by atoms with Crippen LogP contribution in [0.3, 0.4) is 0 Å². The minimum Gasteiger partial charge on any atom is -0.491 e. The fraction of sp³-hybridized carbons (Fsp3) is 0.357. The molecule has 0 atom stereocenters. The van der Waals surface area contributed by atoms with Crippen molar-refractivity contribution >= 4 is 21.4 Å². The molecule has 0 aliphatic heterocycles. The lowest BCUT2D eigenvalue weighted by atomic mass is 10.3. The zero-order valence-electron chi connectivity index (χ0n) is 12.2. The van der Waals surface area contributed by atoms with Crippen molar-refractivity contribution in [3.8, 4) is 5.75 Å². The molecule has 0 radical (unpaired) electrons. The fourth-order valence-electron chi connectivity index (χ4n) is 1.69. The van der Waals surface area contributed by atoms with Crippen LogP contribution in [0.1, 0.15) is 24.5 Å². The van der Waals surface area contributed by atoms with Crippen molar-refractivity contribution in [3.63, 3.8) is 0 Å². The quantitative estimate of drug-likeness (QED) is 0.886. The van der Waals surface area contributed by atoms with E-state index in [2.05, 4.69) is 9.71 Å². The molecule has 114 valence electrons. The van der Waals surface area contributed by atoms with Crippen LogP contribution in [0.15, 0.2) is 34.5 Å². The Kier molecular flexibility index (Phi) is 4.97. The van der Waals surface area contributed by atoms with Gasteiger partial charge in [-0.2, -0.15) is 0 Å². The summed E-state index contributed by atoms with van der Waals surface area (Å²) in [5.74, 6) is 0.652. The molecule has 1 heterocycles. The Morgan fingerprint density at radius 3 is 2.48 bits per heavy atom. The molecule has 2 aromatic rings. The number of hydrogen-bond donors (Lipinski definition) is 1. The highest BCUT2D eigenvalue weighted by molar-refractivity contribution is 7.89. The average Bonchev–Trinajstić information content (AvgIpc) is 2.82. The molecule has 1 aromatic heterocycles. The lowest BCUT2D eigenvalue weighted by Gasteiger charge is -2.10. The van der Waals surface area contributed by atoms with Gasteiger partial charge in [-0.05, 0) is 45.0 Å². The van der Waals surface area contributed by atoms with Crippen LogP contribution >= 0.6 is 11.3 Å². The summed E-state index contributed by atoms with van der Waals surface area (Å²) in [6.07, 6.45) is 0.0544. The molecule has 21 heavy (non-hydrogen) atoms. The molecular formula is C14H18N2O3S2. The van der Waals surface area contributed by atoms with Crippen molar-refractivity contribution < 1.29 is 13.2 Å². The zero-order chi connectivity index (χ0) is 15.5. The van der Waals surface area contributed by atoms with Crippen molar-refractivity contribution in [1.82, 2.24) is 9.71 Å². The van der Waals surface area contributed by atoms with Crippen LogP contribution in [0.4, 0.5) is 0 Å². The van der Waals surface area contributed by atoms with E-state index in [1.54, 1.807) is 12.1 Å². The second kappa shape index (κ2) is 6.55. The van der Waals surface area contributed by atoms with Crippen LogP contribution in [0.5, 0.6) is 5.75 Å². The SMILES string of the molecule is Cc1csc(CNS(=O)(=O)c2ccc(OC(C)C)cc2)n1. The molecular weight excluding hydrogens is 308 g/mol. The molecule has 1 N–H and O–H groups in total. The predicted molar refractivity (Wildman–Crippen MR) is 83.1 cm³/mol. The van der Waals surface area contributed by atoms with Gasteiger partial charge < -0.3 is 4.74 Å². The van der Waals surface area contributed by atoms with Gasteiger partial charge in [-0.25, -0.2) is 18.1 Å². The first-order chi connectivity index (χ1) is 9.87. The lowest BCUT2D eigenvalue weighted by Crippen LogP contribution is -2.23. The van der Waals surface area contributed by atoms with Gasteiger partial charge in [0.25, 0.3) is 0 Å². The van der Waals surface area contributed by atoms with Crippen molar-refractivity contribution in [2.75, 3.05) is 0 Å². The third-order valence-corrected chi connectivity index (χ3v) is 4.97. The number of thiazole rings is 1. The summed E-state index contributed by atoms with van der Waals surface area (Å²) >= 11 is 1.44. The summed E-state index contributed by atoms with van der Waals surface area (Å²) in [4.78, 5) is 4.44. The minimum absolute atomic E-state index is 0.0544. The van der Waals surface area contributed by atoms with Crippen LogP contribution in [0, 0.1) is 6.92 Å². The van der Waals surface area contributed by atoms with Crippen molar-refractivity contribution in [1.29, 1.82) is 0 Å². The maximum atomic E-state index is 12.2. The molecule has 0 aliphatic rings. The van der Waals surface area contributed by atoms with Gasteiger partial charge in [0.2, 0.25) is 10.0 Å². The highest BCUT2D eigenvalue weighted by atomic mass is 32.2.